The molecule has 20 heavy (non-hydrogen) atoms. The van der Waals surface area contributed by atoms with E-state index in [2.05, 4.69) is 36.1 Å². The van der Waals surface area contributed by atoms with Gasteiger partial charge in [-0.05, 0) is 26.0 Å². The van der Waals surface area contributed by atoms with Crippen molar-refractivity contribution in [1.82, 2.24) is 9.97 Å². The summed E-state index contributed by atoms with van der Waals surface area (Å²) in [5.74, 6) is 3.31. The predicted molar refractivity (Wildman–Crippen MR) is 80.8 cm³/mol. The lowest BCUT2D eigenvalue weighted by Crippen LogP contribution is -2.21. The summed E-state index contributed by atoms with van der Waals surface area (Å²) in [4.78, 5) is 8.89. The van der Waals surface area contributed by atoms with Gasteiger partial charge in [0.15, 0.2) is 0 Å². The smallest absolute Gasteiger partial charge is 0.135 e. The molecule has 2 heterocycles. The van der Waals surface area contributed by atoms with E-state index in [0.717, 1.165) is 29.4 Å². The first kappa shape index (κ1) is 14.4. The van der Waals surface area contributed by atoms with E-state index < -0.39 is 0 Å². The van der Waals surface area contributed by atoms with Crippen LogP contribution in [0.3, 0.4) is 0 Å². The van der Waals surface area contributed by atoms with Gasteiger partial charge in [0, 0.05) is 23.9 Å². The largest absolute Gasteiger partial charge is 0.469 e. The Morgan fingerprint density at radius 3 is 2.65 bits per heavy atom. The molecule has 0 radical (unpaired) electrons. The number of nitrogens with two attached hydrogens (primary N) is 1. The number of hydrogen-bond donors (Lipinski definition) is 2. The third-order valence-electron chi connectivity index (χ3n) is 3.19. The lowest BCUT2D eigenvalue weighted by molar-refractivity contribution is 0.497. The van der Waals surface area contributed by atoms with Crippen molar-refractivity contribution in [3.63, 3.8) is 0 Å². The first-order valence-electron chi connectivity index (χ1n) is 6.90. The van der Waals surface area contributed by atoms with Crippen LogP contribution in [0.2, 0.25) is 0 Å². The number of anilines is 2. The highest BCUT2D eigenvalue weighted by Crippen LogP contribution is 2.22. The van der Waals surface area contributed by atoms with Crippen LogP contribution < -0.4 is 11.1 Å². The Balaban J connectivity index is 2.15. The summed E-state index contributed by atoms with van der Waals surface area (Å²) in [6, 6.07) is 4.07. The fourth-order valence-electron chi connectivity index (χ4n) is 1.97. The molecule has 0 aromatic carbocycles. The lowest BCUT2D eigenvalue weighted by atomic mass is 10.1. The number of nitrogen functional groups attached to an aromatic ring is 1. The van der Waals surface area contributed by atoms with E-state index in [0.29, 0.717) is 5.82 Å². The van der Waals surface area contributed by atoms with E-state index in [1.54, 1.807) is 6.26 Å². The maximum absolute atomic E-state index is 5.96. The molecular weight excluding hydrogens is 252 g/mol. The van der Waals surface area contributed by atoms with Crippen molar-refractivity contribution < 1.29 is 4.42 Å². The van der Waals surface area contributed by atoms with Crippen LogP contribution in [0.15, 0.2) is 22.8 Å². The van der Waals surface area contributed by atoms with E-state index in [1.807, 2.05) is 19.1 Å². The van der Waals surface area contributed by atoms with Crippen LogP contribution in [0, 0.1) is 6.92 Å². The highest BCUT2D eigenvalue weighted by molar-refractivity contribution is 5.55. The molecule has 5 nitrogen and oxygen atoms in total. The summed E-state index contributed by atoms with van der Waals surface area (Å²) >= 11 is 0. The van der Waals surface area contributed by atoms with Crippen LogP contribution in [0.25, 0.3) is 0 Å². The standard InChI is InChI=1S/C15H22N4O/c1-9(2)14-18-13(16)11(4)15(19-14)17-10(3)8-12-6-5-7-20-12/h5-7,9-10H,8H2,1-4H3,(H3,16,17,18,19). The third-order valence-corrected chi connectivity index (χ3v) is 3.19. The third kappa shape index (κ3) is 3.29. The SMILES string of the molecule is Cc1c(N)nc(C(C)C)nc1NC(C)Cc1ccco1. The normalized spacial score (nSPS) is 12.7. The molecule has 0 spiro atoms. The average Bonchev–Trinajstić information content (AvgIpc) is 2.87. The Labute approximate surface area is 119 Å². The fraction of sp³-hybridized carbons (Fsp3) is 0.467. The summed E-state index contributed by atoms with van der Waals surface area (Å²) in [5.41, 5.74) is 6.85. The predicted octanol–water partition coefficient (Wildman–Crippen LogP) is 3.13. The van der Waals surface area contributed by atoms with Crippen LogP contribution in [0.5, 0.6) is 0 Å². The molecule has 0 saturated carbocycles. The van der Waals surface area contributed by atoms with Crippen molar-refractivity contribution in [2.45, 2.75) is 46.1 Å². The quantitative estimate of drug-likeness (QED) is 0.876. The van der Waals surface area contributed by atoms with Gasteiger partial charge >= 0.3 is 0 Å². The molecule has 0 bridgehead atoms. The van der Waals surface area contributed by atoms with Crippen LogP contribution in [0.4, 0.5) is 11.6 Å². The maximum Gasteiger partial charge on any atom is 0.135 e. The van der Waals surface area contributed by atoms with E-state index in [4.69, 9.17) is 10.2 Å². The molecule has 0 aliphatic rings. The first-order valence-corrected chi connectivity index (χ1v) is 6.90. The molecule has 3 N–H and O–H groups in total. The van der Waals surface area contributed by atoms with Crippen LogP contribution in [0.1, 0.15) is 43.8 Å². The number of hydrogen-bond acceptors (Lipinski definition) is 5. The van der Waals surface area contributed by atoms with Crippen molar-refractivity contribution in [3.8, 4) is 0 Å². The van der Waals surface area contributed by atoms with Crippen LogP contribution >= 0.6 is 0 Å². The van der Waals surface area contributed by atoms with Crippen molar-refractivity contribution in [1.29, 1.82) is 0 Å². The van der Waals surface area contributed by atoms with Crippen molar-refractivity contribution >= 4 is 11.6 Å². The van der Waals surface area contributed by atoms with E-state index >= 15 is 0 Å². The summed E-state index contributed by atoms with van der Waals surface area (Å²) in [6.45, 7) is 8.14. The van der Waals surface area contributed by atoms with E-state index in [-0.39, 0.29) is 12.0 Å². The molecule has 108 valence electrons. The van der Waals surface area contributed by atoms with Gasteiger partial charge in [-0.1, -0.05) is 13.8 Å². The monoisotopic (exact) mass is 274 g/mol. The zero-order chi connectivity index (χ0) is 14.7. The minimum atomic E-state index is 0.203. The summed E-state index contributed by atoms with van der Waals surface area (Å²) in [6.07, 6.45) is 2.49. The fourth-order valence-corrected chi connectivity index (χ4v) is 1.97. The maximum atomic E-state index is 5.96. The molecule has 0 aliphatic heterocycles. The number of furan rings is 1. The minimum Gasteiger partial charge on any atom is -0.469 e. The molecule has 1 atom stereocenters. The van der Waals surface area contributed by atoms with Gasteiger partial charge in [-0.15, -0.1) is 0 Å². The number of nitrogens with one attached hydrogen (secondary N) is 1. The Morgan fingerprint density at radius 1 is 1.30 bits per heavy atom. The highest BCUT2D eigenvalue weighted by Gasteiger charge is 2.13. The second-order valence-corrected chi connectivity index (χ2v) is 5.42. The number of aromatic nitrogens is 2. The Morgan fingerprint density at radius 2 is 2.05 bits per heavy atom. The second kappa shape index (κ2) is 5.94. The highest BCUT2D eigenvalue weighted by atomic mass is 16.3. The van der Waals surface area contributed by atoms with Gasteiger partial charge in [-0.25, -0.2) is 9.97 Å². The van der Waals surface area contributed by atoms with Gasteiger partial charge in [0.1, 0.15) is 23.2 Å². The number of nitrogens with zero attached hydrogens (tertiary/aromatic N) is 2. The van der Waals surface area contributed by atoms with E-state index in [1.165, 1.54) is 0 Å². The Bertz CT molecular complexity index is 564. The Hall–Kier alpha value is -2.04. The van der Waals surface area contributed by atoms with Gasteiger partial charge in [0.05, 0.1) is 6.26 Å². The molecular formula is C15H22N4O. The van der Waals surface area contributed by atoms with Gasteiger partial charge < -0.3 is 15.5 Å². The lowest BCUT2D eigenvalue weighted by Gasteiger charge is -2.17. The second-order valence-electron chi connectivity index (χ2n) is 5.42. The molecule has 2 rings (SSSR count). The minimum absolute atomic E-state index is 0.203. The average molecular weight is 274 g/mol. The van der Waals surface area contributed by atoms with Crippen LogP contribution in [-0.4, -0.2) is 16.0 Å². The van der Waals surface area contributed by atoms with Gasteiger partial charge in [-0.3, -0.25) is 0 Å². The molecule has 0 saturated heterocycles. The van der Waals surface area contributed by atoms with Gasteiger partial charge in [0.25, 0.3) is 0 Å². The molecule has 0 fully saturated rings. The molecule has 0 aliphatic carbocycles. The van der Waals surface area contributed by atoms with Crippen molar-refractivity contribution in [3.05, 3.63) is 35.5 Å². The Kier molecular flexibility index (Phi) is 4.27. The topological polar surface area (TPSA) is 77.0 Å². The number of rotatable bonds is 5. The molecule has 0 amide bonds. The zero-order valence-electron chi connectivity index (χ0n) is 12.5. The molecule has 5 heteroatoms. The molecule has 1 unspecified atom stereocenters. The zero-order valence-corrected chi connectivity index (χ0v) is 12.5. The summed E-state index contributed by atoms with van der Waals surface area (Å²) in [7, 11) is 0. The van der Waals surface area contributed by atoms with Crippen molar-refractivity contribution in [2.75, 3.05) is 11.1 Å². The summed E-state index contributed by atoms with van der Waals surface area (Å²) < 4.78 is 5.36. The van der Waals surface area contributed by atoms with Gasteiger partial charge in [-0.2, -0.15) is 0 Å². The molecule has 2 aromatic heterocycles. The summed E-state index contributed by atoms with van der Waals surface area (Å²) in [5, 5.41) is 3.39. The first-order chi connectivity index (χ1) is 9.47. The van der Waals surface area contributed by atoms with Gasteiger partial charge in [0.2, 0.25) is 0 Å². The van der Waals surface area contributed by atoms with Crippen LogP contribution in [-0.2, 0) is 6.42 Å². The van der Waals surface area contributed by atoms with E-state index in [9.17, 15) is 0 Å². The van der Waals surface area contributed by atoms with Crippen molar-refractivity contribution in [2.24, 2.45) is 0 Å². The molecule has 2 aromatic rings.